The zero-order chi connectivity index (χ0) is 21.7. The van der Waals surface area contributed by atoms with Gasteiger partial charge in [0.25, 0.3) is 5.91 Å². The van der Waals surface area contributed by atoms with Crippen LogP contribution < -0.4 is 15.4 Å². The number of nitrogens with two attached hydrogens (primary N) is 1. The van der Waals surface area contributed by atoms with Crippen molar-refractivity contribution in [3.8, 4) is 0 Å². The Morgan fingerprint density at radius 1 is 1.37 bits per heavy atom. The van der Waals surface area contributed by atoms with Gasteiger partial charge >= 0.3 is 0 Å². The van der Waals surface area contributed by atoms with Gasteiger partial charge in [0.05, 0.1) is 39.2 Å². The summed E-state index contributed by atoms with van der Waals surface area (Å²) in [5.74, 6) is -0.0688. The second kappa shape index (κ2) is 7.92. The van der Waals surface area contributed by atoms with E-state index in [4.69, 9.17) is 5.73 Å². The third-order valence-corrected chi connectivity index (χ3v) is 8.66. The lowest BCUT2D eigenvalue weighted by Gasteiger charge is -2.44. The predicted octanol–water partition coefficient (Wildman–Crippen LogP) is 2.73. The van der Waals surface area contributed by atoms with E-state index in [2.05, 4.69) is 40.5 Å². The number of halogens is 1. The van der Waals surface area contributed by atoms with Gasteiger partial charge in [-0.15, -0.1) is 11.3 Å². The maximum atomic E-state index is 12.9. The lowest BCUT2D eigenvalue weighted by molar-refractivity contribution is 0.0995. The number of amides is 1. The molecule has 0 bridgehead atoms. The summed E-state index contributed by atoms with van der Waals surface area (Å²) < 4.78 is 16.4. The van der Waals surface area contributed by atoms with E-state index in [0.717, 1.165) is 25.0 Å². The third kappa shape index (κ3) is 3.92. The number of piperidine rings is 1. The summed E-state index contributed by atoms with van der Waals surface area (Å²) in [6.45, 7) is 7.34. The van der Waals surface area contributed by atoms with E-state index >= 15 is 0 Å². The van der Waals surface area contributed by atoms with Gasteiger partial charge in [-0.3, -0.25) is 4.79 Å². The lowest BCUT2D eigenvalue weighted by atomic mass is 9.73. The minimum atomic E-state index is -1.19. The topological polar surface area (TPSA) is 114 Å². The third-order valence-electron chi connectivity index (χ3n) is 5.87. The molecule has 1 spiro atoms. The maximum absolute atomic E-state index is 12.9. The van der Waals surface area contributed by atoms with E-state index in [0.29, 0.717) is 23.5 Å². The summed E-state index contributed by atoms with van der Waals surface area (Å²) in [4.78, 5) is 28.4. The van der Waals surface area contributed by atoms with E-state index in [1.165, 1.54) is 4.88 Å². The molecule has 11 heteroatoms. The number of anilines is 1. The van der Waals surface area contributed by atoms with Crippen molar-refractivity contribution in [3.63, 3.8) is 0 Å². The minimum absolute atomic E-state index is 0.0485. The SMILES string of the molecule is CC(C)(C)[S@@](=O)N[C@@H]1c2ncsc2CC12CCN(c1ncc(Br)nc1C(N)=O)CC2. The van der Waals surface area contributed by atoms with Crippen LogP contribution in [0.3, 0.4) is 0 Å². The van der Waals surface area contributed by atoms with Crippen molar-refractivity contribution in [2.24, 2.45) is 11.1 Å². The van der Waals surface area contributed by atoms with Crippen molar-refractivity contribution in [2.45, 2.75) is 50.8 Å². The van der Waals surface area contributed by atoms with E-state index in [9.17, 15) is 9.00 Å². The number of nitrogens with zero attached hydrogens (tertiary/aromatic N) is 4. The van der Waals surface area contributed by atoms with Gasteiger partial charge in [0.15, 0.2) is 11.5 Å². The van der Waals surface area contributed by atoms with Crippen molar-refractivity contribution in [2.75, 3.05) is 18.0 Å². The molecule has 1 fully saturated rings. The van der Waals surface area contributed by atoms with Crippen LogP contribution in [0.4, 0.5) is 5.82 Å². The molecule has 162 valence electrons. The molecule has 2 aromatic rings. The van der Waals surface area contributed by atoms with Crippen molar-refractivity contribution in [1.82, 2.24) is 19.7 Å². The standard InChI is InChI=1S/C19H25BrN6O2S2/c1-18(2,3)30(28)25-15-13-11(29-10-23-13)8-19(15)4-6-26(7-5-19)17-14(16(21)27)24-12(20)9-22-17/h9-10,15,25H,4-8H2,1-3H3,(H2,21,27)/t15-,30-/m1/s1. The molecule has 1 amide bonds. The molecule has 0 saturated carbocycles. The number of aromatic nitrogens is 3. The highest BCUT2D eigenvalue weighted by molar-refractivity contribution is 9.10. The number of carbonyl (C=O) groups is 1. The summed E-state index contributed by atoms with van der Waals surface area (Å²) >= 11 is 4.92. The first kappa shape index (κ1) is 21.8. The van der Waals surface area contributed by atoms with Crippen LogP contribution in [0.5, 0.6) is 0 Å². The molecule has 2 aromatic heterocycles. The Morgan fingerprint density at radius 3 is 2.70 bits per heavy atom. The number of hydrogen-bond donors (Lipinski definition) is 2. The average Bonchev–Trinajstić information content (AvgIpc) is 3.22. The van der Waals surface area contributed by atoms with Gasteiger partial charge in [0.2, 0.25) is 0 Å². The van der Waals surface area contributed by atoms with Crippen LogP contribution in [0, 0.1) is 5.41 Å². The Labute approximate surface area is 190 Å². The maximum Gasteiger partial charge on any atom is 0.271 e. The number of nitrogens with one attached hydrogen (secondary N) is 1. The van der Waals surface area contributed by atoms with E-state index < -0.39 is 16.9 Å². The summed E-state index contributed by atoms with van der Waals surface area (Å²) in [7, 11) is -1.19. The fourth-order valence-electron chi connectivity index (χ4n) is 4.21. The normalized spacial score (nSPS) is 21.6. The minimum Gasteiger partial charge on any atom is -0.364 e. The smallest absolute Gasteiger partial charge is 0.271 e. The largest absolute Gasteiger partial charge is 0.364 e. The Bertz CT molecular complexity index is 997. The highest BCUT2D eigenvalue weighted by Gasteiger charge is 2.50. The van der Waals surface area contributed by atoms with Gasteiger partial charge in [-0.2, -0.15) is 0 Å². The highest BCUT2D eigenvalue weighted by Crippen LogP contribution is 2.53. The average molecular weight is 513 g/mol. The van der Waals surface area contributed by atoms with E-state index in [1.807, 2.05) is 26.3 Å². The molecular formula is C19H25BrN6O2S2. The number of hydrogen-bond acceptors (Lipinski definition) is 7. The molecule has 1 saturated heterocycles. The summed E-state index contributed by atoms with van der Waals surface area (Å²) in [5.41, 5.74) is 8.56. The van der Waals surface area contributed by atoms with E-state index in [-0.39, 0.29) is 21.9 Å². The zero-order valence-corrected chi connectivity index (χ0v) is 20.4. The zero-order valence-electron chi connectivity index (χ0n) is 17.1. The molecule has 0 aromatic carbocycles. The van der Waals surface area contributed by atoms with Crippen molar-refractivity contribution in [1.29, 1.82) is 0 Å². The van der Waals surface area contributed by atoms with Gasteiger partial charge in [-0.25, -0.2) is 23.9 Å². The molecule has 2 aliphatic rings. The van der Waals surface area contributed by atoms with E-state index in [1.54, 1.807) is 17.5 Å². The second-order valence-corrected chi connectivity index (χ2v) is 12.6. The number of rotatable bonds is 4. The summed E-state index contributed by atoms with van der Waals surface area (Å²) in [6, 6.07) is -0.0485. The van der Waals surface area contributed by atoms with Crippen LogP contribution in [0.15, 0.2) is 16.3 Å². The van der Waals surface area contributed by atoms with Crippen LogP contribution in [-0.4, -0.2) is 42.9 Å². The Kier molecular flexibility index (Phi) is 5.75. The van der Waals surface area contributed by atoms with Gasteiger partial charge in [0.1, 0.15) is 4.60 Å². The number of primary amides is 1. The van der Waals surface area contributed by atoms with Gasteiger partial charge in [-0.1, -0.05) is 0 Å². The molecule has 0 unspecified atom stereocenters. The summed E-state index contributed by atoms with van der Waals surface area (Å²) in [5, 5.41) is 0. The van der Waals surface area contributed by atoms with Crippen molar-refractivity contribution < 1.29 is 9.00 Å². The van der Waals surface area contributed by atoms with Crippen LogP contribution in [-0.2, 0) is 17.4 Å². The quantitative estimate of drug-likeness (QED) is 0.650. The molecule has 0 radical (unpaired) electrons. The Morgan fingerprint density at radius 2 is 2.07 bits per heavy atom. The van der Waals surface area contributed by atoms with Crippen LogP contribution in [0.25, 0.3) is 0 Å². The fraction of sp³-hybridized carbons (Fsp3) is 0.579. The number of thiazole rings is 1. The molecule has 4 rings (SSSR count). The molecule has 1 aliphatic carbocycles. The van der Waals surface area contributed by atoms with Crippen molar-refractivity contribution in [3.05, 3.63) is 32.6 Å². The van der Waals surface area contributed by atoms with Crippen LogP contribution in [0.1, 0.15) is 60.7 Å². The first-order valence-electron chi connectivity index (χ1n) is 9.78. The number of carbonyl (C=O) groups excluding carboxylic acids is 1. The van der Waals surface area contributed by atoms with Crippen LogP contribution in [0.2, 0.25) is 0 Å². The Hall–Kier alpha value is -1.43. The van der Waals surface area contributed by atoms with Gasteiger partial charge in [0, 0.05) is 23.4 Å². The fourth-order valence-corrected chi connectivity index (χ4v) is 6.38. The molecule has 2 atom stereocenters. The molecular weight excluding hydrogens is 488 g/mol. The molecule has 30 heavy (non-hydrogen) atoms. The second-order valence-electron chi connectivity index (χ2n) is 8.85. The van der Waals surface area contributed by atoms with Crippen molar-refractivity contribution >= 4 is 50.0 Å². The lowest BCUT2D eigenvalue weighted by Crippen LogP contribution is -2.48. The number of fused-ring (bicyclic) bond motifs is 1. The summed E-state index contributed by atoms with van der Waals surface area (Å²) in [6.07, 6.45) is 4.24. The molecule has 3 heterocycles. The molecule has 3 N–H and O–H groups in total. The molecule has 1 aliphatic heterocycles. The van der Waals surface area contributed by atoms with Gasteiger partial charge in [-0.05, 0) is 56.0 Å². The first-order valence-corrected chi connectivity index (χ1v) is 12.6. The predicted molar refractivity (Wildman–Crippen MR) is 122 cm³/mol. The Balaban J connectivity index is 1.58. The molecule has 8 nitrogen and oxygen atoms in total. The first-order chi connectivity index (χ1) is 14.1. The highest BCUT2D eigenvalue weighted by atomic mass is 79.9. The monoisotopic (exact) mass is 512 g/mol. The van der Waals surface area contributed by atoms with Gasteiger partial charge < -0.3 is 10.6 Å². The van der Waals surface area contributed by atoms with Crippen LogP contribution >= 0.6 is 27.3 Å².